The third kappa shape index (κ3) is 2.71. The Morgan fingerprint density at radius 1 is 1.05 bits per heavy atom. The van der Waals surface area contributed by atoms with Crippen LogP contribution in [-0.2, 0) is 5.88 Å². The van der Waals surface area contributed by atoms with E-state index in [4.69, 9.17) is 11.6 Å². The minimum Gasteiger partial charge on any atom is -0.339 e. The molecule has 1 aromatic carbocycles. The van der Waals surface area contributed by atoms with Gasteiger partial charge in [-0.1, -0.05) is 25.0 Å². The van der Waals surface area contributed by atoms with Gasteiger partial charge in [-0.2, -0.15) is 0 Å². The van der Waals surface area contributed by atoms with E-state index in [-0.39, 0.29) is 5.91 Å². The number of hydrogen-bond donors (Lipinski definition) is 0. The van der Waals surface area contributed by atoms with Crippen LogP contribution in [0.2, 0.25) is 0 Å². The molecule has 1 heterocycles. The molecule has 0 radical (unpaired) electrons. The molecule has 1 saturated heterocycles. The van der Waals surface area contributed by atoms with E-state index in [2.05, 4.69) is 0 Å². The Morgan fingerprint density at radius 2 is 1.65 bits per heavy atom. The lowest BCUT2D eigenvalue weighted by atomic mass is 9.77. The van der Waals surface area contributed by atoms with Crippen molar-refractivity contribution in [2.75, 3.05) is 13.1 Å². The molecule has 2 fully saturated rings. The molecule has 1 aliphatic heterocycles. The van der Waals surface area contributed by atoms with E-state index in [0.717, 1.165) is 24.2 Å². The highest BCUT2D eigenvalue weighted by molar-refractivity contribution is 6.17. The standard InChI is InChI=1S/C17H22ClNO/c18-13-14-3-5-15(6-4-14)16(20)19-11-9-17(10-12-19)7-1-2-8-17/h3-6H,1-2,7-13H2. The van der Waals surface area contributed by atoms with E-state index >= 15 is 0 Å². The van der Waals surface area contributed by atoms with Crippen LogP contribution in [0.25, 0.3) is 0 Å². The van der Waals surface area contributed by atoms with E-state index < -0.39 is 0 Å². The molecule has 1 aliphatic carbocycles. The van der Waals surface area contributed by atoms with Crippen LogP contribution in [-0.4, -0.2) is 23.9 Å². The van der Waals surface area contributed by atoms with Gasteiger partial charge in [-0.3, -0.25) is 4.79 Å². The minimum absolute atomic E-state index is 0.180. The number of rotatable bonds is 2. The number of alkyl halides is 1. The summed E-state index contributed by atoms with van der Waals surface area (Å²) in [6.07, 6.45) is 7.90. The van der Waals surface area contributed by atoms with E-state index in [1.54, 1.807) is 0 Å². The van der Waals surface area contributed by atoms with Crippen molar-refractivity contribution in [3.05, 3.63) is 35.4 Å². The Morgan fingerprint density at radius 3 is 2.20 bits per heavy atom. The first kappa shape index (κ1) is 13.9. The zero-order valence-corrected chi connectivity index (χ0v) is 12.7. The molecule has 0 atom stereocenters. The van der Waals surface area contributed by atoms with E-state index in [9.17, 15) is 4.79 Å². The fraction of sp³-hybridized carbons (Fsp3) is 0.588. The lowest BCUT2D eigenvalue weighted by Gasteiger charge is -2.39. The predicted octanol–water partition coefficient (Wildman–Crippen LogP) is 4.22. The largest absolute Gasteiger partial charge is 0.339 e. The molecule has 2 aliphatic rings. The van der Waals surface area contributed by atoms with Gasteiger partial charge >= 0.3 is 0 Å². The third-order valence-electron chi connectivity index (χ3n) is 5.13. The molecule has 0 bridgehead atoms. The summed E-state index contributed by atoms with van der Waals surface area (Å²) in [7, 11) is 0. The summed E-state index contributed by atoms with van der Waals surface area (Å²) in [4.78, 5) is 14.5. The average Bonchev–Trinajstić information content (AvgIpc) is 2.96. The second kappa shape index (κ2) is 5.77. The molecule has 1 spiro atoms. The van der Waals surface area contributed by atoms with Crippen molar-refractivity contribution in [1.82, 2.24) is 4.90 Å². The molecule has 2 nitrogen and oxygen atoms in total. The molecule has 0 N–H and O–H groups in total. The monoisotopic (exact) mass is 291 g/mol. The Hall–Kier alpha value is -1.02. The Bertz CT molecular complexity index is 466. The van der Waals surface area contributed by atoms with Gasteiger partial charge in [0.2, 0.25) is 0 Å². The topological polar surface area (TPSA) is 20.3 Å². The van der Waals surface area contributed by atoms with Gasteiger partial charge in [-0.15, -0.1) is 11.6 Å². The van der Waals surface area contributed by atoms with Gasteiger partial charge in [0.1, 0.15) is 0 Å². The highest BCUT2D eigenvalue weighted by Gasteiger charge is 2.37. The molecular formula is C17H22ClNO. The van der Waals surface area contributed by atoms with Crippen LogP contribution in [0.3, 0.4) is 0 Å². The molecule has 20 heavy (non-hydrogen) atoms. The third-order valence-corrected chi connectivity index (χ3v) is 5.44. The van der Waals surface area contributed by atoms with E-state index in [1.165, 1.54) is 38.5 Å². The first-order chi connectivity index (χ1) is 9.72. The van der Waals surface area contributed by atoms with Crippen molar-refractivity contribution in [2.24, 2.45) is 5.41 Å². The second-order valence-electron chi connectivity index (χ2n) is 6.33. The van der Waals surface area contributed by atoms with Gasteiger partial charge in [0.05, 0.1) is 0 Å². The summed E-state index contributed by atoms with van der Waals surface area (Å²) >= 11 is 5.78. The van der Waals surface area contributed by atoms with Crippen molar-refractivity contribution in [2.45, 2.75) is 44.4 Å². The first-order valence-electron chi connectivity index (χ1n) is 7.67. The van der Waals surface area contributed by atoms with Crippen molar-refractivity contribution in [1.29, 1.82) is 0 Å². The highest BCUT2D eigenvalue weighted by Crippen LogP contribution is 2.46. The van der Waals surface area contributed by atoms with Gasteiger partial charge in [-0.25, -0.2) is 0 Å². The summed E-state index contributed by atoms with van der Waals surface area (Å²) in [6, 6.07) is 7.70. The summed E-state index contributed by atoms with van der Waals surface area (Å²) in [5, 5.41) is 0. The number of carbonyl (C=O) groups is 1. The average molecular weight is 292 g/mol. The Balaban J connectivity index is 1.63. The maximum Gasteiger partial charge on any atom is 0.253 e. The minimum atomic E-state index is 0.180. The van der Waals surface area contributed by atoms with Crippen LogP contribution in [0, 0.1) is 5.41 Å². The molecular weight excluding hydrogens is 270 g/mol. The second-order valence-corrected chi connectivity index (χ2v) is 6.60. The zero-order valence-electron chi connectivity index (χ0n) is 11.9. The first-order valence-corrected chi connectivity index (χ1v) is 8.20. The molecule has 3 heteroatoms. The number of likely N-dealkylation sites (tertiary alicyclic amines) is 1. The quantitative estimate of drug-likeness (QED) is 0.747. The maximum absolute atomic E-state index is 12.5. The van der Waals surface area contributed by atoms with Crippen LogP contribution in [0.4, 0.5) is 0 Å². The van der Waals surface area contributed by atoms with E-state index in [0.29, 0.717) is 11.3 Å². The summed E-state index contributed by atoms with van der Waals surface area (Å²) in [6.45, 7) is 1.85. The number of hydrogen-bond acceptors (Lipinski definition) is 1. The summed E-state index contributed by atoms with van der Waals surface area (Å²) in [5.74, 6) is 0.680. The number of nitrogens with zero attached hydrogens (tertiary/aromatic N) is 1. The van der Waals surface area contributed by atoms with Crippen molar-refractivity contribution in [3.8, 4) is 0 Å². The molecule has 0 aromatic heterocycles. The lowest BCUT2D eigenvalue weighted by Crippen LogP contribution is -2.42. The summed E-state index contributed by atoms with van der Waals surface area (Å²) < 4.78 is 0. The number of carbonyl (C=O) groups excluding carboxylic acids is 1. The van der Waals surface area contributed by atoms with Crippen LogP contribution < -0.4 is 0 Å². The molecule has 3 rings (SSSR count). The molecule has 1 amide bonds. The van der Waals surface area contributed by atoms with Crippen LogP contribution >= 0.6 is 11.6 Å². The van der Waals surface area contributed by atoms with Crippen LogP contribution in [0.5, 0.6) is 0 Å². The predicted molar refractivity (Wildman–Crippen MR) is 82.0 cm³/mol. The molecule has 1 aromatic rings. The lowest BCUT2D eigenvalue weighted by molar-refractivity contribution is 0.0587. The molecule has 0 unspecified atom stereocenters. The van der Waals surface area contributed by atoms with Crippen LogP contribution in [0.15, 0.2) is 24.3 Å². The van der Waals surface area contributed by atoms with Crippen molar-refractivity contribution >= 4 is 17.5 Å². The SMILES string of the molecule is O=C(c1ccc(CCl)cc1)N1CCC2(CCCC2)CC1. The van der Waals surface area contributed by atoms with E-state index in [1.807, 2.05) is 29.2 Å². The van der Waals surface area contributed by atoms with Gasteiger partial charge < -0.3 is 4.90 Å². The van der Waals surface area contributed by atoms with Gasteiger partial charge in [0.15, 0.2) is 0 Å². The van der Waals surface area contributed by atoms with Crippen LogP contribution in [0.1, 0.15) is 54.4 Å². The number of piperidine rings is 1. The maximum atomic E-state index is 12.5. The van der Waals surface area contributed by atoms with Gasteiger partial charge in [-0.05, 0) is 48.8 Å². The highest BCUT2D eigenvalue weighted by atomic mass is 35.5. The summed E-state index contributed by atoms with van der Waals surface area (Å²) in [5.41, 5.74) is 2.42. The van der Waals surface area contributed by atoms with Crippen molar-refractivity contribution in [3.63, 3.8) is 0 Å². The fourth-order valence-electron chi connectivity index (χ4n) is 3.73. The fourth-order valence-corrected chi connectivity index (χ4v) is 3.91. The molecule has 1 saturated carbocycles. The smallest absolute Gasteiger partial charge is 0.253 e. The number of halogens is 1. The number of amides is 1. The van der Waals surface area contributed by atoms with Gasteiger partial charge in [0.25, 0.3) is 5.91 Å². The normalized spacial score (nSPS) is 21.4. The Kier molecular flexibility index (Phi) is 4.02. The zero-order chi connectivity index (χ0) is 14.0. The number of benzene rings is 1. The Labute approximate surface area is 126 Å². The van der Waals surface area contributed by atoms with Crippen molar-refractivity contribution < 1.29 is 4.79 Å². The molecule has 108 valence electrons. The van der Waals surface area contributed by atoms with Gasteiger partial charge in [0, 0.05) is 24.5 Å².